The minimum Gasteiger partial charge on any atom is -0.481 e. The SMILES string of the molecule is Cc1noc(-c2ccnc(N3CCC(C(=O)O)CC3)c2)n1. The summed E-state index contributed by atoms with van der Waals surface area (Å²) >= 11 is 0. The Morgan fingerprint density at radius 1 is 1.43 bits per heavy atom. The third-order valence-corrected chi connectivity index (χ3v) is 3.69. The van der Waals surface area contributed by atoms with Crippen LogP contribution in [0.25, 0.3) is 11.5 Å². The predicted molar refractivity (Wildman–Crippen MR) is 74.8 cm³/mol. The third kappa shape index (κ3) is 2.86. The molecule has 2 aromatic rings. The summed E-state index contributed by atoms with van der Waals surface area (Å²) in [6.07, 6.45) is 2.98. The first-order chi connectivity index (χ1) is 10.1. The second-order valence-corrected chi connectivity index (χ2v) is 5.15. The molecule has 1 aliphatic heterocycles. The van der Waals surface area contributed by atoms with Crippen LogP contribution in [-0.2, 0) is 4.79 Å². The van der Waals surface area contributed by atoms with Gasteiger partial charge >= 0.3 is 5.97 Å². The Hall–Kier alpha value is -2.44. The lowest BCUT2D eigenvalue weighted by Gasteiger charge is -2.31. The van der Waals surface area contributed by atoms with Gasteiger partial charge in [-0.1, -0.05) is 5.16 Å². The summed E-state index contributed by atoms with van der Waals surface area (Å²) in [5.74, 6) is 0.912. The molecule has 0 spiro atoms. The maximum atomic E-state index is 11.0. The first kappa shape index (κ1) is 13.5. The minimum absolute atomic E-state index is 0.247. The molecule has 3 rings (SSSR count). The van der Waals surface area contributed by atoms with Gasteiger partial charge in [0, 0.05) is 24.8 Å². The molecule has 2 aromatic heterocycles. The van der Waals surface area contributed by atoms with E-state index >= 15 is 0 Å². The maximum Gasteiger partial charge on any atom is 0.306 e. The third-order valence-electron chi connectivity index (χ3n) is 3.69. The Labute approximate surface area is 121 Å². The van der Waals surface area contributed by atoms with Crippen LogP contribution in [0.15, 0.2) is 22.9 Å². The van der Waals surface area contributed by atoms with Crippen molar-refractivity contribution >= 4 is 11.8 Å². The molecule has 1 saturated heterocycles. The number of carboxylic acids is 1. The average molecular weight is 288 g/mol. The molecule has 0 aromatic carbocycles. The molecule has 0 aliphatic carbocycles. The molecule has 3 heterocycles. The number of carboxylic acid groups (broad SMARTS) is 1. The van der Waals surface area contributed by atoms with Crippen LogP contribution in [0.3, 0.4) is 0 Å². The highest BCUT2D eigenvalue weighted by Gasteiger charge is 2.25. The van der Waals surface area contributed by atoms with Gasteiger partial charge in [-0.2, -0.15) is 4.98 Å². The molecular formula is C14H16N4O3. The van der Waals surface area contributed by atoms with Gasteiger partial charge in [0.1, 0.15) is 5.82 Å². The van der Waals surface area contributed by atoms with Crippen LogP contribution >= 0.6 is 0 Å². The molecular weight excluding hydrogens is 272 g/mol. The van der Waals surface area contributed by atoms with Crippen LogP contribution < -0.4 is 4.90 Å². The highest BCUT2D eigenvalue weighted by molar-refractivity contribution is 5.70. The Kier molecular flexibility index (Phi) is 3.55. The Morgan fingerprint density at radius 2 is 2.19 bits per heavy atom. The van der Waals surface area contributed by atoms with Gasteiger partial charge in [-0.05, 0) is 31.9 Å². The van der Waals surface area contributed by atoms with Crippen molar-refractivity contribution in [2.45, 2.75) is 19.8 Å². The van der Waals surface area contributed by atoms with Crippen LogP contribution in [0.1, 0.15) is 18.7 Å². The Balaban J connectivity index is 1.76. The number of aryl methyl sites for hydroxylation is 1. The molecule has 0 bridgehead atoms. The van der Waals surface area contributed by atoms with Crippen molar-refractivity contribution in [2.24, 2.45) is 5.92 Å². The number of carbonyl (C=O) groups is 1. The number of nitrogens with zero attached hydrogens (tertiary/aromatic N) is 4. The Bertz CT molecular complexity index is 647. The van der Waals surface area contributed by atoms with Gasteiger partial charge in [0.15, 0.2) is 5.82 Å². The monoisotopic (exact) mass is 288 g/mol. The zero-order chi connectivity index (χ0) is 14.8. The molecule has 110 valence electrons. The molecule has 0 atom stereocenters. The van der Waals surface area contributed by atoms with E-state index in [0.717, 1.165) is 11.4 Å². The fraction of sp³-hybridized carbons (Fsp3) is 0.429. The standard InChI is InChI=1S/C14H16N4O3/c1-9-16-13(21-17-9)11-2-5-15-12(8-11)18-6-3-10(4-7-18)14(19)20/h2,5,8,10H,3-4,6-7H2,1H3,(H,19,20). The normalized spacial score (nSPS) is 16.1. The van der Waals surface area contributed by atoms with E-state index in [4.69, 9.17) is 9.63 Å². The topological polar surface area (TPSA) is 92.4 Å². The maximum absolute atomic E-state index is 11.0. The lowest BCUT2D eigenvalue weighted by molar-refractivity contribution is -0.142. The van der Waals surface area contributed by atoms with E-state index in [-0.39, 0.29) is 5.92 Å². The first-order valence-corrected chi connectivity index (χ1v) is 6.88. The van der Waals surface area contributed by atoms with Crippen molar-refractivity contribution < 1.29 is 14.4 Å². The molecule has 0 saturated carbocycles. The van der Waals surface area contributed by atoms with Gasteiger partial charge in [0.05, 0.1) is 5.92 Å². The molecule has 0 unspecified atom stereocenters. The van der Waals surface area contributed by atoms with Gasteiger partial charge in [-0.15, -0.1) is 0 Å². The number of aliphatic carboxylic acids is 1. The number of anilines is 1. The second-order valence-electron chi connectivity index (χ2n) is 5.15. The lowest BCUT2D eigenvalue weighted by Crippen LogP contribution is -2.36. The van der Waals surface area contributed by atoms with Crippen molar-refractivity contribution in [3.05, 3.63) is 24.2 Å². The van der Waals surface area contributed by atoms with E-state index in [2.05, 4.69) is 20.0 Å². The van der Waals surface area contributed by atoms with Gasteiger partial charge in [0.25, 0.3) is 5.89 Å². The number of hydrogen-bond donors (Lipinski definition) is 1. The summed E-state index contributed by atoms with van der Waals surface area (Å²) in [5, 5.41) is 12.8. The van der Waals surface area contributed by atoms with Crippen LogP contribution in [0.5, 0.6) is 0 Å². The molecule has 21 heavy (non-hydrogen) atoms. The molecule has 0 radical (unpaired) electrons. The number of rotatable bonds is 3. The molecule has 0 amide bonds. The average Bonchev–Trinajstić information content (AvgIpc) is 2.94. The lowest BCUT2D eigenvalue weighted by atomic mass is 9.97. The zero-order valence-electron chi connectivity index (χ0n) is 11.7. The number of pyridine rings is 1. The number of aromatic nitrogens is 3. The second kappa shape index (κ2) is 5.51. The molecule has 7 nitrogen and oxygen atoms in total. The van der Waals surface area contributed by atoms with Crippen LogP contribution in [0, 0.1) is 12.8 Å². The number of piperidine rings is 1. The largest absolute Gasteiger partial charge is 0.481 e. The molecule has 1 aliphatic rings. The highest BCUT2D eigenvalue weighted by atomic mass is 16.5. The van der Waals surface area contributed by atoms with E-state index in [1.165, 1.54) is 0 Å². The minimum atomic E-state index is -0.710. The van der Waals surface area contributed by atoms with E-state index in [1.54, 1.807) is 13.1 Å². The van der Waals surface area contributed by atoms with Gasteiger partial charge < -0.3 is 14.5 Å². The summed E-state index contributed by atoms with van der Waals surface area (Å²) < 4.78 is 5.16. The van der Waals surface area contributed by atoms with Crippen molar-refractivity contribution in [1.82, 2.24) is 15.1 Å². The van der Waals surface area contributed by atoms with E-state index < -0.39 is 5.97 Å². The van der Waals surface area contributed by atoms with Gasteiger partial charge in [-0.25, -0.2) is 4.98 Å². The fourth-order valence-electron chi connectivity index (χ4n) is 2.49. The first-order valence-electron chi connectivity index (χ1n) is 6.88. The van der Waals surface area contributed by atoms with Crippen LogP contribution in [0.4, 0.5) is 5.82 Å². The van der Waals surface area contributed by atoms with Crippen molar-refractivity contribution in [2.75, 3.05) is 18.0 Å². The van der Waals surface area contributed by atoms with Crippen LogP contribution in [0.2, 0.25) is 0 Å². The number of hydrogen-bond acceptors (Lipinski definition) is 6. The molecule has 7 heteroatoms. The van der Waals surface area contributed by atoms with E-state index in [9.17, 15) is 4.79 Å². The van der Waals surface area contributed by atoms with E-state index in [1.807, 2.05) is 12.1 Å². The Morgan fingerprint density at radius 3 is 2.81 bits per heavy atom. The molecule has 1 fully saturated rings. The summed E-state index contributed by atoms with van der Waals surface area (Å²) in [5.41, 5.74) is 0.820. The van der Waals surface area contributed by atoms with Crippen molar-refractivity contribution in [3.8, 4) is 11.5 Å². The fourth-order valence-corrected chi connectivity index (χ4v) is 2.49. The smallest absolute Gasteiger partial charge is 0.306 e. The van der Waals surface area contributed by atoms with Crippen molar-refractivity contribution in [3.63, 3.8) is 0 Å². The summed E-state index contributed by atoms with van der Waals surface area (Å²) in [6.45, 7) is 3.15. The summed E-state index contributed by atoms with van der Waals surface area (Å²) in [7, 11) is 0. The van der Waals surface area contributed by atoms with Crippen molar-refractivity contribution in [1.29, 1.82) is 0 Å². The van der Waals surface area contributed by atoms with E-state index in [0.29, 0.717) is 37.6 Å². The van der Waals surface area contributed by atoms with Crippen LogP contribution in [-0.4, -0.2) is 39.3 Å². The predicted octanol–water partition coefficient (Wildman–Crippen LogP) is 1.74. The highest BCUT2D eigenvalue weighted by Crippen LogP contribution is 2.25. The van der Waals surface area contributed by atoms with Gasteiger partial charge in [-0.3, -0.25) is 4.79 Å². The molecule has 1 N–H and O–H groups in total. The quantitative estimate of drug-likeness (QED) is 0.919. The zero-order valence-corrected chi connectivity index (χ0v) is 11.7. The summed E-state index contributed by atoms with van der Waals surface area (Å²) in [4.78, 5) is 21.6. The summed E-state index contributed by atoms with van der Waals surface area (Å²) in [6, 6.07) is 3.72. The van der Waals surface area contributed by atoms with Gasteiger partial charge in [0.2, 0.25) is 0 Å².